The molecule has 5 N–H and O–H groups in total. The lowest BCUT2D eigenvalue weighted by Gasteiger charge is -2.30. The van der Waals surface area contributed by atoms with E-state index in [1.54, 1.807) is 19.1 Å². The monoisotopic (exact) mass is 463 g/mol. The quantitative estimate of drug-likeness (QED) is 0.450. The van der Waals surface area contributed by atoms with Gasteiger partial charge in [-0.1, -0.05) is 11.6 Å². The van der Waals surface area contributed by atoms with Crippen LogP contribution in [0.3, 0.4) is 0 Å². The first-order valence-corrected chi connectivity index (χ1v) is 11.7. The van der Waals surface area contributed by atoms with Crippen molar-refractivity contribution in [2.24, 2.45) is 16.5 Å². The highest BCUT2D eigenvalue weighted by Gasteiger charge is 2.31. The van der Waals surface area contributed by atoms with Crippen molar-refractivity contribution >= 4 is 39.0 Å². The predicted octanol–water partition coefficient (Wildman–Crippen LogP) is 1.55. The first-order chi connectivity index (χ1) is 14.7. The van der Waals surface area contributed by atoms with Gasteiger partial charge in [-0.2, -0.15) is 4.99 Å². The van der Waals surface area contributed by atoms with Crippen LogP contribution in [-0.2, 0) is 15.6 Å². The molecule has 1 amide bonds. The van der Waals surface area contributed by atoms with Gasteiger partial charge in [0, 0.05) is 43.0 Å². The number of anilines is 1. The molecule has 1 saturated heterocycles. The largest absolute Gasteiger partial charge is 0.454 e. The highest BCUT2D eigenvalue weighted by molar-refractivity contribution is 7.90. The fourth-order valence-electron chi connectivity index (χ4n) is 3.75. The van der Waals surface area contributed by atoms with Gasteiger partial charge in [0.25, 0.3) is 5.91 Å². The zero-order chi connectivity index (χ0) is 22.3. The number of fused-ring (bicyclic) bond motifs is 2. The number of carbonyl (C=O) groups is 1. The second kappa shape index (κ2) is 8.03. The van der Waals surface area contributed by atoms with Crippen LogP contribution in [0.25, 0.3) is 0 Å². The molecule has 2 aliphatic heterocycles. The summed E-state index contributed by atoms with van der Waals surface area (Å²) in [5.41, 5.74) is 12.4. The van der Waals surface area contributed by atoms with Crippen LogP contribution in [-0.4, -0.2) is 46.5 Å². The first kappa shape index (κ1) is 21.4. The van der Waals surface area contributed by atoms with Crippen LogP contribution >= 0.6 is 11.6 Å². The molecule has 11 heteroatoms. The normalized spacial score (nSPS) is 17.0. The van der Waals surface area contributed by atoms with Crippen molar-refractivity contribution in [2.45, 2.75) is 17.6 Å². The Morgan fingerprint density at radius 2 is 1.87 bits per heavy atom. The van der Waals surface area contributed by atoms with E-state index in [0.29, 0.717) is 21.9 Å². The standard InChI is InChI=1S/C20H22ClN5O4S/c1-11-6-12(19(27)25-20(22)23)8-16-17(11)30-18-13(10-31(16,28)29)7-14(9-15(18)21)26-4-2-24-3-5-26/h6-9,24H,2-5,10H2,1H3,(H4,22,23,25,27). The Balaban J connectivity index is 1.81. The Morgan fingerprint density at radius 1 is 1.16 bits per heavy atom. The van der Waals surface area contributed by atoms with Gasteiger partial charge < -0.3 is 26.4 Å². The molecule has 2 aromatic carbocycles. The first-order valence-electron chi connectivity index (χ1n) is 9.63. The number of nitrogens with one attached hydrogen (secondary N) is 1. The third-order valence-corrected chi connectivity index (χ3v) is 7.14. The van der Waals surface area contributed by atoms with Gasteiger partial charge in [-0.3, -0.25) is 4.79 Å². The maximum Gasteiger partial charge on any atom is 0.280 e. The summed E-state index contributed by atoms with van der Waals surface area (Å²) < 4.78 is 32.5. The number of aliphatic imine (C=N–C) groups is 1. The molecule has 4 rings (SSSR count). The number of hydrogen-bond donors (Lipinski definition) is 3. The Kier molecular flexibility index (Phi) is 5.54. The Labute approximate surface area is 184 Å². The smallest absolute Gasteiger partial charge is 0.280 e. The second-order valence-corrected chi connectivity index (χ2v) is 9.84. The van der Waals surface area contributed by atoms with Crippen LogP contribution in [0, 0.1) is 6.92 Å². The number of guanidine groups is 1. The lowest BCUT2D eigenvalue weighted by Crippen LogP contribution is -2.43. The molecule has 0 saturated carbocycles. The molecular weight excluding hydrogens is 442 g/mol. The van der Waals surface area contributed by atoms with Crippen molar-refractivity contribution in [3.8, 4) is 11.5 Å². The number of rotatable bonds is 2. The van der Waals surface area contributed by atoms with Crippen molar-refractivity contribution in [3.05, 3.63) is 46.0 Å². The van der Waals surface area contributed by atoms with Crippen molar-refractivity contribution in [1.29, 1.82) is 0 Å². The molecule has 0 atom stereocenters. The number of nitrogens with zero attached hydrogens (tertiary/aromatic N) is 2. The van der Waals surface area contributed by atoms with Gasteiger partial charge in [0.05, 0.1) is 10.8 Å². The Bertz CT molecular complexity index is 1200. The van der Waals surface area contributed by atoms with Crippen molar-refractivity contribution in [1.82, 2.24) is 5.32 Å². The number of aryl methyl sites for hydroxylation is 1. The average molecular weight is 464 g/mol. The van der Waals surface area contributed by atoms with Crippen molar-refractivity contribution in [3.63, 3.8) is 0 Å². The van der Waals surface area contributed by atoms with Crippen molar-refractivity contribution in [2.75, 3.05) is 31.1 Å². The van der Waals surface area contributed by atoms with Gasteiger partial charge in [0.15, 0.2) is 15.8 Å². The zero-order valence-electron chi connectivity index (χ0n) is 16.8. The highest BCUT2D eigenvalue weighted by Crippen LogP contribution is 2.45. The number of benzene rings is 2. The summed E-state index contributed by atoms with van der Waals surface area (Å²) in [6.45, 7) is 4.90. The summed E-state index contributed by atoms with van der Waals surface area (Å²) in [6, 6.07) is 6.31. The minimum atomic E-state index is -3.84. The van der Waals surface area contributed by atoms with Gasteiger partial charge in [-0.05, 0) is 36.8 Å². The van der Waals surface area contributed by atoms with E-state index >= 15 is 0 Å². The summed E-state index contributed by atoms with van der Waals surface area (Å²) in [7, 11) is -3.84. The lowest BCUT2D eigenvalue weighted by atomic mass is 10.1. The van der Waals surface area contributed by atoms with E-state index in [1.165, 1.54) is 12.1 Å². The molecular formula is C20H22ClN5O4S. The molecule has 1 fully saturated rings. The van der Waals surface area contributed by atoms with Crippen LogP contribution in [0.1, 0.15) is 21.5 Å². The topological polar surface area (TPSA) is 140 Å². The number of piperazine rings is 1. The van der Waals surface area contributed by atoms with Crippen LogP contribution in [0.15, 0.2) is 34.2 Å². The maximum absolute atomic E-state index is 13.3. The third kappa shape index (κ3) is 4.18. The van der Waals surface area contributed by atoms with E-state index in [4.69, 9.17) is 27.8 Å². The molecule has 2 aliphatic rings. The summed E-state index contributed by atoms with van der Waals surface area (Å²) in [5.74, 6) is -1.02. The molecule has 0 bridgehead atoms. The molecule has 0 spiro atoms. The molecule has 0 unspecified atom stereocenters. The van der Waals surface area contributed by atoms with Crippen molar-refractivity contribution < 1.29 is 17.9 Å². The SMILES string of the molecule is Cc1cc(C(=O)N=C(N)N)cc2c1Oc1c(Cl)cc(N3CCNCC3)cc1CS2(=O)=O. The van der Waals surface area contributed by atoms with Crippen LogP contribution < -0.4 is 26.4 Å². The number of hydrogen-bond acceptors (Lipinski definition) is 6. The van der Waals surface area contributed by atoms with Crippen LogP contribution in [0.5, 0.6) is 11.5 Å². The maximum atomic E-state index is 13.3. The summed E-state index contributed by atoms with van der Waals surface area (Å²) in [4.78, 5) is 17.8. The molecule has 0 radical (unpaired) electrons. The number of nitrogens with two attached hydrogens (primary N) is 2. The average Bonchev–Trinajstić information content (AvgIpc) is 2.82. The number of amides is 1. The molecule has 31 heavy (non-hydrogen) atoms. The fourth-order valence-corrected chi connectivity index (χ4v) is 5.60. The van der Waals surface area contributed by atoms with E-state index in [0.717, 1.165) is 31.9 Å². The summed E-state index contributed by atoms with van der Waals surface area (Å²) in [6.07, 6.45) is 0. The summed E-state index contributed by atoms with van der Waals surface area (Å²) in [5, 5.41) is 3.61. The summed E-state index contributed by atoms with van der Waals surface area (Å²) >= 11 is 6.53. The molecule has 9 nitrogen and oxygen atoms in total. The predicted molar refractivity (Wildman–Crippen MR) is 119 cm³/mol. The molecule has 164 valence electrons. The number of ether oxygens (including phenoxy) is 1. The Morgan fingerprint density at radius 3 is 2.55 bits per heavy atom. The van der Waals surface area contributed by atoms with Crippen LogP contribution in [0.2, 0.25) is 5.02 Å². The molecule has 2 aromatic rings. The highest BCUT2D eigenvalue weighted by atomic mass is 35.5. The van der Waals surface area contributed by atoms with Gasteiger partial charge in [-0.25, -0.2) is 8.42 Å². The lowest BCUT2D eigenvalue weighted by molar-refractivity contribution is 0.100. The fraction of sp³-hybridized carbons (Fsp3) is 0.300. The van der Waals surface area contributed by atoms with Gasteiger partial charge in [0.2, 0.25) is 0 Å². The minimum absolute atomic E-state index is 0.0513. The second-order valence-electron chi connectivity index (χ2n) is 7.48. The van der Waals surface area contributed by atoms with E-state index in [9.17, 15) is 13.2 Å². The van der Waals surface area contributed by atoms with Gasteiger partial charge in [0.1, 0.15) is 16.4 Å². The van der Waals surface area contributed by atoms with Gasteiger partial charge >= 0.3 is 0 Å². The molecule has 0 aromatic heterocycles. The van der Waals surface area contributed by atoms with E-state index < -0.39 is 21.7 Å². The number of halogens is 1. The Hall–Kier alpha value is -2.82. The van der Waals surface area contributed by atoms with Crippen LogP contribution in [0.4, 0.5) is 5.69 Å². The minimum Gasteiger partial charge on any atom is -0.454 e. The molecule has 0 aliphatic carbocycles. The van der Waals surface area contributed by atoms with Gasteiger partial charge in [-0.15, -0.1) is 0 Å². The molecule has 2 heterocycles. The number of sulfone groups is 1. The van der Waals surface area contributed by atoms with E-state index in [2.05, 4.69) is 15.2 Å². The van der Waals surface area contributed by atoms with E-state index in [1.807, 2.05) is 0 Å². The number of carbonyl (C=O) groups excluding carboxylic acids is 1. The third-order valence-electron chi connectivity index (χ3n) is 5.19. The van der Waals surface area contributed by atoms with E-state index in [-0.39, 0.29) is 22.0 Å². The zero-order valence-corrected chi connectivity index (χ0v) is 18.4.